The first-order chi connectivity index (χ1) is 13.6. The molecule has 0 unspecified atom stereocenters. The molecule has 0 saturated heterocycles. The first-order valence-electron chi connectivity index (χ1n) is 9.54. The van der Waals surface area contributed by atoms with Gasteiger partial charge >= 0.3 is 0 Å². The van der Waals surface area contributed by atoms with Crippen LogP contribution < -0.4 is 5.56 Å². The van der Waals surface area contributed by atoms with Gasteiger partial charge in [-0.05, 0) is 57.0 Å². The minimum atomic E-state index is 0.0158. The van der Waals surface area contributed by atoms with Crippen LogP contribution in [0.15, 0.2) is 39.6 Å². The summed E-state index contributed by atoms with van der Waals surface area (Å²) in [5, 5.41) is 4.14. The normalized spacial score (nSPS) is 14.9. The van der Waals surface area contributed by atoms with E-state index in [0.717, 1.165) is 34.3 Å². The average Bonchev–Trinajstić information content (AvgIpc) is 3.43. The smallest absolute Gasteiger partial charge is 0.272 e. The zero-order chi connectivity index (χ0) is 19.3. The van der Waals surface area contributed by atoms with E-state index in [1.165, 1.54) is 17.7 Å². The Hall–Kier alpha value is -2.80. The van der Waals surface area contributed by atoms with Crippen LogP contribution in [0.5, 0.6) is 0 Å². The number of hydrogen-bond acceptors (Lipinski definition) is 6. The number of aryl methyl sites for hydroxylation is 2. The summed E-state index contributed by atoms with van der Waals surface area (Å²) in [5.41, 5.74) is 3.05. The standard InChI is InChI=1S/C21H20N4O2S/c1-12-7-10-18(28-12)20-23-19(24-27-20)14-8-9-17-16(11-14)22-13(2)21(26)25(17)15-5-3-4-6-15/h7-11,15H,3-6H2,1-2H3. The fourth-order valence-electron chi connectivity index (χ4n) is 3.98. The largest absolute Gasteiger partial charge is 0.333 e. The Kier molecular flexibility index (Phi) is 4.12. The van der Waals surface area contributed by atoms with E-state index in [1.54, 1.807) is 18.3 Å². The van der Waals surface area contributed by atoms with Crippen molar-refractivity contribution in [3.8, 4) is 22.2 Å². The molecule has 1 fully saturated rings. The highest BCUT2D eigenvalue weighted by Crippen LogP contribution is 2.32. The molecule has 0 aliphatic heterocycles. The highest BCUT2D eigenvalue weighted by Gasteiger charge is 2.22. The van der Waals surface area contributed by atoms with Crippen LogP contribution in [0.1, 0.15) is 42.3 Å². The van der Waals surface area contributed by atoms with Crippen LogP contribution in [0, 0.1) is 13.8 Å². The number of benzene rings is 1. The number of nitrogens with zero attached hydrogens (tertiary/aromatic N) is 4. The quantitative estimate of drug-likeness (QED) is 0.495. The van der Waals surface area contributed by atoms with Crippen molar-refractivity contribution in [2.75, 3.05) is 0 Å². The van der Waals surface area contributed by atoms with Gasteiger partial charge < -0.3 is 9.09 Å². The Morgan fingerprint density at radius 3 is 2.68 bits per heavy atom. The van der Waals surface area contributed by atoms with Gasteiger partial charge in [-0.25, -0.2) is 4.98 Å². The predicted molar refractivity (Wildman–Crippen MR) is 110 cm³/mol. The average molecular weight is 392 g/mol. The van der Waals surface area contributed by atoms with E-state index >= 15 is 0 Å². The van der Waals surface area contributed by atoms with E-state index in [2.05, 4.69) is 15.1 Å². The predicted octanol–water partition coefficient (Wildman–Crippen LogP) is 4.91. The monoisotopic (exact) mass is 392 g/mol. The first kappa shape index (κ1) is 17.3. The van der Waals surface area contributed by atoms with Crippen LogP contribution >= 0.6 is 11.3 Å². The molecule has 5 rings (SSSR count). The van der Waals surface area contributed by atoms with Crippen LogP contribution in [-0.4, -0.2) is 19.7 Å². The van der Waals surface area contributed by atoms with E-state index in [1.807, 2.05) is 41.8 Å². The molecule has 0 radical (unpaired) electrons. The maximum atomic E-state index is 12.7. The molecule has 4 aromatic rings. The highest BCUT2D eigenvalue weighted by molar-refractivity contribution is 7.15. The molecule has 0 bridgehead atoms. The number of aromatic nitrogens is 4. The molecule has 1 aromatic carbocycles. The van der Waals surface area contributed by atoms with E-state index in [9.17, 15) is 4.79 Å². The minimum absolute atomic E-state index is 0.0158. The highest BCUT2D eigenvalue weighted by atomic mass is 32.1. The van der Waals surface area contributed by atoms with Crippen LogP contribution in [0.3, 0.4) is 0 Å². The lowest BCUT2D eigenvalue weighted by atomic mass is 10.1. The van der Waals surface area contributed by atoms with Crippen LogP contribution in [0.4, 0.5) is 0 Å². The summed E-state index contributed by atoms with van der Waals surface area (Å²) in [6.45, 7) is 3.83. The molecule has 3 heterocycles. The van der Waals surface area contributed by atoms with Crippen molar-refractivity contribution in [2.24, 2.45) is 0 Å². The summed E-state index contributed by atoms with van der Waals surface area (Å²) in [7, 11) is 0. The second-order valence-electron chi connectivity index (χ2n) is 7.35. The van der Waals surface area contributed by atoms with Gasteiger partial charge in [-0.2, -0.15) is 4.98 Å². The molecule has 1 aliphatic carbocycles. The summed E-state index contributed by atoms with van der Waals surface area (Å²) >= 11 is 1.62. The van der Waals surface area contributed by atoms with Gasteiger partial charge in [0.2, 0.25) is 5.82 Å². The van der Waals surface area contributed by atoms with Crippen LogP contribution in [-0.2, 0) is 0 Å². The van der Waals surface area contributed by atoms with Crippen molar-refractivity contribution in [2.45, 2.75) is 45.6 Å². The fourth-order valence-corrected chi connectivity index (χ4v) is 4.77. The summed E-state index contributed by atoms with van der Waals surface area (Å²) in [4.78, 5) is 24.0. The third kappa shape index (κ3) is 2.86. The summed E-state index contributed by atoms with van der Waals surface area (Å²) < 4.78 is 7.39. The Morgan fingerprint density at radius 1 is 1.11 bits per heavy atom. The molecule has 3 aromatic heterocycles. The number of fused-ring (bicyclic) bond motifs is 1. The maximum Gasteiger partial charge on any atom is 0.272 e. The van der Waals surface area contributed by atoms with E-state index in [4.69, 9.17) is 4.52 Å². The lowest BCUT2D eigenvalue weighted by molar-refractivity contribution is 0.433. The molecule has 0 spiro atoms. The molecule has 0 atom stereocenters. The van der Waals surface area contributed by atoms with Crippen LogP contribution in [0.2, 0.25) is 0 Å². The first-order valence-corrected chi connectivity index (χ1v) is 10.4. The van der Waals surface area contributed by atoms with Gasteiger partial charge in [0.25, 0.3) is 11.4 Å². The molecule has 1 saturated carbocycles. The number of hydrogen-bond donors (Lipinski definition) is 0. The SMILES string of the molecule is Cc1ccc(-c2nc(-c3ccc4c(c3)nc(C)c(=O)n4C3CCCC3)no2)s1. The van der Waals surface area contributed by atoms with Crippen molar-refractivity contribution in [3.63, 3.8) is 0 Å². The molecule has 0 N–H and O–H groups in total. The summed E-state index contributed by atoms with van der Waals surface area (Å²) in [6.07, 6.45) is 4.45. The molecule has 0 amide bonds. The molecular formula is C21H20N4O2S. The summed E-state index contributed by atoms with van der Waals surface area (Å²) in [5.74, 6) is 1.05. The maximum absolute atomic E-state index is 12.7. The molecule has 1 aliphatic rings. The van der Waals surface area contributed by atoms with E-state index in [0.29, 0.717) is 17.4 Å². The summed E-state index contributed by atoms with van der Waals surface area (Å²) in [6, 6.07) is 10.1. The second-order valence-corrected chi connectivity index (χ2v) is 8.64. The zero-order valence-corrected chi connectivity index (χ0v) is 16.6. The van der Waals surface area contributed by atoms with E-state index in [-0.39, 0.29) is 11.6 Å². The van der Waals surface area contributed by atoms with E-state index < -0.39 is 0 Å². The molecular weight excluding hydrogens is 372 g/mol. The van der Waals surface area contributed by atoms with Crippen molar-refractivity contribution in [1.29, 1.82) is 0 Å². The minimum Gasteiger partial charge on any atom is -0.333 e. The second kappa shape index (κ2) is 6.67. The van der Waals surface area contributed by atoms with Gasteiger partial charge in [0.1, 0.15) is 5.69 Å². The third-order valence-corrected chi connectivity index (χ3v) is 6.37. The van der Waals surface area contributed by atoms with Crippen molar-refractivity contribution >= 4 is 22.4 Å². The number of thiophene rings is 1. The Labute approximate surface area is 165 Å². The van der Waals surface area contributed by atoms with Gasteiger partial charge in [0, 0.05) is 16.5 Å². The van der Waals surface area contributed by atoms with Crippen molar-refractivity contribution in [3.05, 3.63) is 51.3 Å². The van der Waals surface area contributed by atoms with Gasteiger partial charge in [0.05, 0.1) is 15.9 Å². The topological polar surface area (TPSA) is 73.8 Å². The Bertz CT molecular complexity index is 1230. The van der Waals surface area contributed by atoms with Gasteiger partial charge in [0.15, 0.2) is 0 Å². The Morgan fingerprint density at radius 2 is 1.93 bits per heavy atom. The van der Waals surface area contributed by atoms with Crippen LogP contribution in [0.25, 0.3) is 33.2 Å². The molecule has 6 nitrogen and oxygen atoms in total. The molecule has 28 heavy (non-hydrogen) atoms. The zero-order valence-electron chi connectivity index (χ0n) is 15.8. The fraction of sp³-hybridized carbons (Fsp3) is 0.333. The van der Waals surface area contributed by atoms with Gasteiger partial charge in [-0.15, -0.1) is 11.3 Å². The number of rotatable bonds is 3. The van der Waals surface area contributed by atoms with Crippen molar-refractivity contribution in [1.82, 2.24) is 19.7 Å². The lowest BCUT2D eigenvalue weighted by Crippen LogP contribution is -2.26. The molecule has 142 valence electrons. The Balaban J connectivity index is 1.60. The lowest BCUT2D eigenvalue weighted by Gasteiger charge is -2.17. The molecule has 7 heteroatoms. The third-order valence-electron chi connectivity index (χ3n) is 5.38. The van der Waals surface area contributed by atoms with Gasteiger partial charge in [-0.3, -0.25) is 4.79 Å². The van der Waals surface area contributed by atoms with Gasteiger partial charge in [-0.1, -0.05) is 18.0 Å². The van der Waals surface area contributed by atoms with Crippen molar-refractivity contribution < 1.29 is 4.52 Å².